The first-order valence-electron chi connectivity index (χ1n) is 12.3. The molecule has 0 aliphatic rings. The number of benzene rings is 1. The molecule has 2 N–H and O–H groups in total. The molecule has 0 amide bonds. The zero-order chi connectivity index (χ0) is 25.4. The fourth-order valence-corrected chi connectivity index (χ4v) is 2.74. The lowest BCUT2D eigenvalue weighted by Crippen LogP contribution is -2.84. The van der Waals surface area contributed by atoms with Crippen molar-refractivity contribution < 1.29 is 9.89 Å². The Morgan fingerprint density at radius 2 is 1.38 bits per heavy atom. The minimum absolute atomic E-state index is 0.384. The fraction of sp³-hybridized carbons (Fsp3) is 0.567. The van der Waals surface area contributed by atoms with Gasteiger partial charge in [-0.1, -0.05) is 93.2 Å². The molecule has 0 aliphatic heterocycles. The molecule has 0 heterocycles. The number of quaternary nitrogens is 1. The van der Waals surface area contributed by atoms with E-state index in [1.54, 1.807) is 0 Å². The average molecular weight is 443 g/mol. The van der Waals surface area contributed by atoms with Crippen LogP contribution in [0.4, 0.5) is 5.69 Å². The van der Waals surface area contributed by atoms with Crippen LogP contribution >= 0.6 is 0 Å². The first kappa shape index (κ1) is 32.3. The summed E-state index contributed by atoms with van der Waals surface area (Å²) in [5.41, 5.74) is 5.10. The van der Waals surface area contributed by atoms with Crippen LogP contribution in [-0.4, -0.2) is 17.3 Å². The van der Waals surface area contributed by atoms with Crippen LogP contribution in [0.1, 0.15) is 106 Å². The standard InChI is InChI=1S/C20H31N2.C6H12.C4H10/c1-14(2)17(7)21-12-13-22(8)20-18(15(3)4)10-9-11-19(20)16(5)6;1-4-5-6(2)3;1-4(2)3/h9-13,15-17,21H,1,8H2,2-7H3;4,6H,1,5H2,2-3H3;4H,1-3H3/q+1;;/p+1/b13-12-;;. The predicted molar refractivity (Wildman–Crippen MR) is 147 cm³/mol. The van der Waals surface area contributed by atoms with Gasteiger partial charge >= 0.3 is 0 Å². The molecule has 0 radical (unpaired) electrons. The van der Waals surface area contributed by atoms with Gasteiger partial charge in [-0.05, 0) is 49.5 Å². The molecular weight excluding hydrogens is 388 g/mol. The smallest absolute Gasteiger partial charge is 0.227 e. The molecule has 1 unspecified atom stereocenters. The van der Waals surface area contributed by atoms with Crippen molar-refractivity contribution in [1.82, 2.24) is 0 Å². The van der Waals surface area contributed by atoms with Gasteiger partial charge < -0.3 is 5.32 Å². The summed E-state index contributed by atoms with van der Waals surface area (Å²) in [5, 5.41) is 2.16. The Bertz CT molecular complexity index is 677. The summed E-state index contributed by atoms with van der Waals surface area (Å²) in [7, 11) is 0. The molecule has 1 aromatic carbocycles. The van der Waals surface area contributed by atoms with Crippen molar-refractivity contribution in [1.29, 1.82) is 0 Å². The molecular formula is C30H54N2+2. The zero-order valence-electron chi connectivity index (χ0n) is 23.2. The van der Waals surface area contributed by atoms with Crippen LogP contribution in [-0.2, 0) is 0 Å². The third-order valence-corrected chi connectivity index (χ3v) is 4.71. The zero-order valence-corrected chi connectivity index (χ0v) is 23.2. The Kier molecular flexibility index (Phi) is 17.7. The van der Waals surface area contributed by atoms with Crippen LogP contribution in [0.2, 0.25) is 0 Å². The summed E-state index contributed by atoms with van der Waals surface area (Å²) in [6.45, 7) is 35.8. The van der Waals surface area contributed by atoms with Crippen molar-refractivity contribution in [2.45, 2.75) is 100 Å². The van der Waals surface area contributed by atoms with Crippen LogP contribution in [0.25, 0.3) is 0 Å². The van der Waals surface area contributed by atoms with Gasteiger partial charge in [-0.15, -0.1) is 6.58 Å². The van der Waals surface area contributed by atoms with E-state index < -0.39 is 0 Å². The first-order valence-corrected chi connectivity index (χ1v) is 12.3. The molecule has 1 aromatic rings. The molecule has 0 aromatic heterocycles. The molecule has 0 bridgehead atoms. The molecule has 2 nitrogen and oxygen atoms in total. The van der Waals surface area contributed by atoms with Gasteiger partial charge in [0.05, 0.1) is 0 Å². The number of hydrogen-bond donors (Lipinski definition) is 1. The molecule has 0 spiro atoms. The molecule has 0 saturated heterocycles. The van der Waals surface area contributed by atoms with Gasteiger partial charge in [-0.25, -0.2) is 0 Å². The van der Waals surface area contributed by atoms with Crippen molar-refractivity contribution in [2.24, 2.45) is 11.8 Å². The maximum absolute atomic E-state index is 4.24. The van der Waals surface area contributed by atoms with Crippen LogP contribution in [0.5, 0.6) is 0 Å². The third kappa shape index (κ3) is 15.0. The molecule has 2 heteroatoms. The van der Waals surface area contributed by atoms with E-state index in [4.69, 9.17) is 0 Å². The quantitative estimate of drug-likeness (QED) is 0.226. The SMILES string of the molecule is C=C(C)C(C)[NH2+]/C=C\[N+](=C)c1c(C(C)C)cccc1C(C)C.C=CCC(C)C.CC(C)C. The summed E-state index contributed by atoms with van der Waals surface area (Å²) in [6, 6.07) is 6.95. The lowest BCUT2D eigenvalue weighted by molar-refractivity contribution is -0.618. The minimum atomic E-state index is 0.384. The second kappa shape index (κ2) is 17.6. The molecule has 0 saturated carbocycles. The molecule has 1 atom stereocenters. The lowest BCUT2D eigenvalue weighted by atomic mass is 9.92. The van der Waals surface area contributed by atoms with Crippen LogP contribution in [0, 0.1) is 11.8 Å². The van der Waals surface area contributed by atoms with Gasteiger partial charge in [0.15, 0.2) is 6.20 Å². The number of nitrogens with two attached hydrogens (primary N) is 1. The fourth-order valence-electron chi connectivity index (χ4n) is 2.74. The molecule has 182 valence electrons. The summed E-state index contributed by atoms with van der Waals surface area (Å²) in [6.07, 6.45) is 7.21. The van der Waals surface area contributed by atoms with Crippen molar-refractivity contribution in [3.05, 3.63) is 66.5 Å². The average Bonchev–Trinajstić information content (AvgIpc) is 2.66. The summed E-state index contributed by atoms with van der Waals surface area (Å²) < 4.78 is 2.01. The van der Waals surface area contributed by atoms with E-state index in [9.17, 15) is 0 Å². The Morgan fingerprint density at radius 3 is 1.66 bits per heavy atom. The highest BCUT2D eigenvalue weighted by Gasteiger charge is 2.21. The minimum Gasteiger partial charge on any atom is -0.309 e. The van der Waals surface area contributed by atoms with E-state index in [-0.39, 0.29) is 0 Å². The van der Waals surface area contributed by atoms with E-state index in [2.05, 4.69) is 126 Å². The molecule has 32 heavy (non-hydrogen) atoms. The number of para-hydroxylation sites is 1. The highest BCUT2D eigenvalue weighted by atomic mass is 15.0. The van der Waals surface area contributed by atoms with Crippen molar-refractivity contribution in [2.75, 3.05) is 0 Å². The van der Waals surface area contributed by atoms with E-state index in [0.717, 1.165) is 18.3 Å². The number of hydrogen-bond acceptors (Lipinski definition) is 0. The van der Waals surface area contributed by atoms with E-state index in [1.807, 2.05) is 16.9 Å². The van der Waals surface area contributed by atoms with Crippen molar-refractivity contribution in [3.63, 3.8) is 0 Å². The van der Waals surface area contributed by atoms with E-state index in [0.29, 0.717) is 17.9 Å². The highest BCUT2D eigenvalue weighted by Crippen LogP contribution is 2.34. The summed E-state index contributed by atoms with van der Waals surface area (Å²) in [4.78, 5) is 0. The Labute approximate surface area is 201 Å². The normalized spacial score (nSPS) is 11.8. The largest absolute Gasteiger partial charge is 0.309 e. The number of nitrogens with zero attached hydrogens (tertiary/aromatic N) is 1. The topological polar surface area (TPSA) is 19.6 Å². The van der Waals surface area contributed by atoms with E-state index in [1.165, 1.54) is 22.4 Å². The Morgan fingerprint density at radius 1 is 0.938 bits per heavy atom. The van der Waals surface area contributed by atoms with Crippen molar-refractivity contribution in [3.8, 4) is 0 Å². The monoisotopic (exact) mass is 442 g/mol. The van der Waals surface area contributed by atoms with Crippen LogP contribution < -0.4 is 5.32 Å². The summed E-state index contributed by atoms with van der Waals surface area (Å²) in [5.74, 6) is 2.57. The highest BCUT2D eigenvalue weighted by molar-refractivity contribution is 5.52. The molecule has 0 fully saturated rings. The van der Waals surface area contributed by atoms with E-state index >= 15 is 0 Å². The summed E-state index contributed by atoms with van der Waals surface area (Å²) >= 11 is 0. The van der Waals surface area contributed by atoms with Gasteiger partial charge in [0, 0.05) is 11.1 Å². The van der Waals surface area contributed by atoms with Gasteiger partial charge in [0.25, 0.3) is 0 Å². The number of rotatable bonds is 9. The van der Waals surface area contributed by atoms with Crippen molar-refractivity contribution >= 4 is 12.4 Å². The molecule has 1 rings (SSSR count). The number of allylic oxidation sites excluding steroid dienone is 1. The maximum Gasteiger partial charge on any atom is 0.227 e. The van der Waals surface area contributed by atoms with Gasteiger partial charge in [0.1, 0.15) is 12.8 Å². The third-order valence-electron chi connectivity index (χ3n) is 4.71. The van der Waals surface area contributed by atoms with Crippen LogP contribution in [0.15, 0.2) is 55.4 Å². The maximum atomic E-state index is 4.24. The van der Waals surface area contributed by atoms with Gasteiger partial charge in [0.2, 0.25) is 11.9 Å². The van der Waals surface area contributed by atoms with Crippen LogP contribution in [0.3, 0.4) is 0 Å². The first-order chi connectivity index (χ1) is 14.8. The Balaban J connectivity index is 0. The second-order valence-corrected chi connectivity index (χ2v) is 10.4. The lowest BCUT2D eigenvalue weighted by Gasteiger charge is -2.14. The predicted octanol–water partition coefficient (Wildman–Crippen LogP) is 8.16. The second-order valence-electron chi connectivity index (χ2n) is 10.4. The Hall–Kier alpha value is -1.93. The van der Waals surface area contributed by atoms with Gasteiger partial charge in [-0.3, -0.25) is 0 Å². The van der Waals surface area contributed by atoms with Gasteiger partial charge in [-0.2, -0.15) is 4.58 Å². The molecule has 0 aliphatic carbocycles.